The highest BCUT2D eigenvalue weighted by Crippen LogP contribution is 2.20. The van der Waals surface area contributed by atoms with E-state index in [4.69, 9.17) is 10.5 Å². The summed E-state index contributed by atoms with van der Waals surface area (Å²) in [7, 11) is 1.63. The largest absolute Gasteiger partial charge is 0.497 e. The van der Waals surface area contributed by atoms with Gasteiger partial charge in [0.05, 0.1) is 12.9 Å². The highest BCUT2D eigenvalue weighted by Gasteiger charge is 2.02. The molecule has 0 aliphatic heterocycles. The maximum atomic E-state index is 11.4. The van der Waals surface area contributed by atoms with Crippen LogP contribution in [0.4, 0.5) is 0 Å². The predicted octanol–water partition coefficient (Wildman–Crippen LogP) is 1.67. The molecule has 3 N–H and O–H groups in total. The molecule has 102 valence electrons. The van der Waals surface area contributed by atoms with Crippen molar-refractivity contribution in [1.82, 2.24) is 5.32 Å². The molecule has 0 spiro atoms. The second-order valence-electron chi connectivity index (χ2n) is 3.46. The Bertz CT molecular complexity index is 346. The molecule has 0 fully saturated rings. The summed E-state index contributed by atoms with van der Waals surface area (Å²) < 4.78 is 5.06. The van der Waals surface area contributed by atoms with Gasteiger partial charge in [0, 0.05) is 11.4 Å². The van der Waals surface area contributed by atoms with E-state index >= 15 is 0 Å². The van der Waals surface area contributed by atoms with Gasteiger partial charge in [0.1, 0.15) is 5.75 Å². The van der Waals surface area contributed by atoms with Gasteiger partial charge in [-0.1, -0.05) is 0 Å². The fourth-order valence-electron chi connectivity index (χ4n) is 1.20. The lowest BCUT2D eigenvalue weighted by Crippen LogP contribution is -2.27. The zero-order chi connectivity index (χ0) is 12.5. The number of carbonyl (C=O) groups excluding carboxylic acids is 1. The van der Waals surface area contributed by atoms with Gasteiger partial charge in [-0.15, -0.1) is 24.2 Å². The number of nitrogens with one attached hydrogen (secondary N) is 1. The Hall–Kier alpha value is -0.910. The zero-order valence-electron chi connectivity index (χ0n) is 10.3. The lowest BCUT2D eigenvalue weighted by Gasteiger charge is -2.05. The van der Waals surface area contributed by atoms with Crippen LogP contribution in [0.15, 0.2) is 29.2 Å². The fraction of sp³-hybridized carbons (Fsp3) is 0.417. The van der Waals surface area contributed by atoms with Gasteiger partial charge in [0.2, 0.25) is 5.91 Å². The molecule has 0 aromatic heterocycles. The summed E-state index contributed by atoms with van der Waals surface area (Å²) in [4.78, 5) is 12.5. The number of carbonyl (C=O) groups is 1. The molecule has 1 amide bonds. The Morgan fingerprint density at radius 3 is 2.61 bits per heavy atom. The molecule has 6 heteroatoms. The molecule has 0 bridgehead atoms. The molecule has 0 saturated carbocycles. The van der Waals surface area contributed by atoms with E-state index in [9.17, 15) is 4.79 Å². The third kappa shape index (κ3) is 6.74. The van der Waals surface area contributed by atoms with E-state index in [-0.39, 0.29) is 18.3 Å². The van der Waals surface area contributed by atoms with Crippen molar-refractivity contribution >= 4 is 30.1 Å². The molecule has 4 nitrogen and oxygen atoms in total. The SMILES string of the molecule is COc1ccc(SCC(=O)NCCCN)cc1.Cl. The maximum absolute atomic E-state index is 11.4. The van der Waals surface area contributed by atoms with Gasteiger partial charge in [-0.2, -0.15) is 0 Å². The minimum absolute atomic E-state index is 0. The first kappa shape index (κ1) is 17.1. The first-order valence-corrected chi connectivity index (χ1v) is 6.48. The molecule has 0 atom stereocenters. The number of rotatable bonds is 7. The van der Waals surface area contributed by atoms with Crippen molar-refractivity contribution in [3.8, 4) is 5.75 Å². The molecule has 0 heterocycles. The second-order valence-corrected chi connectivity index (χ2v) is 4.51. The number of amides is 1. The molecular weight excluding hydrogens is 272 g/mol. The normalized spacial score (nSPS) is 9.44. The summed E-state index contributed by atoms with van der Waals surface area (Å²) >= 11 is 1.51. The summed E-state index contributed by atoms with van der Waals surface area (Å²) in [6.07, 6.45) is 0.818. The number of benzene rings is 1. The maximum Gasteiger partial charge on any atom is 0.230 e. The van der Waals surface area contributed by atoms with Crippen molar-refractivity contribution in [3.63, 3.8) is 0 Å². The molecule has 0 aliphatic carbocycles. The number of thioether (sulfide) groups is 1. The Balaban J connectivity index is 0.00000289. The van der Waals surface area contributed by atoms with Crippen LogP contribution in [0.2, 0.25) is 0 Å². The molecule has 0 saturated heterocycles. The number of methoxy groups -OCH3 is 1. The third-order valence-corrected chi connectivity index (χ3v) is 3.14. The molecule has 0 aliphatic rings. The lowest BCUT2D eigenvalue weighted by atomic mass is 10.3. The van der Waals surface area contributed by atoms with Gasteiger partial charge < -0.3 is 15.8 Å². The van der Waals surface area contributed by atoms with Crippen LogP contribution in [0.3, 0.4) is 0 Å². The fourth-order valence-corrected chi connectivity index (χ4v) is 1.93. The van der Waals surface area contributed by atoms with Gasteiger partial charge in [0.25, 0.3) is 0 Å². The first-order valence-electron chi connectivity index (χ1n) is 5.50. The van der Waals surface area contributed by atoms with Crippen LogP contribution in [0.1, 0.15) is 6.42 Å². The Kier molecular flexibility index (Phi) is 9.55. The smallest absolute Gasteiger partial charge is 0.230 e. The van der Waals surface area contributed by atoms with Crippen molar-refractivity contribution in [2.45, 2.75) is 11.3 Å². The number of halogens is 1. The molecule has 1 aromatic carbocycles. The summed E-state index contributed by atoms with van der Waals surface area (Å²) in [5.74, 6) is 1.29. The van der Waals surface area contributed by atoms with Crippen LogP contribution in [-0.2, 0) is 4.79 Å². The Labute approximate surface area is 118 Å². The van der Waals surface area contributed by atoms with E-state index in [0.717, 1.165) is 17.1 Å². The van der Waals surface area contributed by atoms with E-state index in [1.54, 1.807) is 7.11 Å². The van der Waals surface area contributed by atoms with Gasteiger partial charge in [-0.05, 0) is 37.2 Å². The topological polar surface area (TPSA) is 64.3 Å². The number of hydrogen-bond acceptors (Lipinski definition) is 4. The molecule has 0 radical (unpaired) electrons. The average molecular weight is 291 g/mol. The Morgan fingerprint density at radius 2 is 2.06 bits per heavy atom. The highest BCUT2D eigenvalue weighted by atomic mass is 35.5. The molecular formula is C12H19ClN2O2S. The van der Waals surface area contributed by atoms with Crippen molar-refractivity contribution in [2.75, 3.05) is 26.0 Å². The monoisotopic (exact) mass is 290 g/mol. The number of hydrogen-bond donors (Lipinski definition) is 2. The minimum atomic E-state index is 0. The lowest BCUT2D eigenvalue weighted by molar-refractivity contribution is -0.118. The van der Waals surface area contributed by atoms with Crippen molar-refractivity contribution in [3.05, 3.63) is 24.3 Å². The minimum Gasteiger partial charge on any atom is -0.497 e. The van der Waals surface area contributed by atoms with Crippen molar-refractivity contribution < 1.29 is 9.53 Å². The number of ether oxygens (including phenoxy) is 1. The Morgan fingerprint density at radius 1 is 1.39 bits per heavy atom. The van der Waals surface area contributed by atoms with Crippen LogP contribution >= 0.6 is 24.2 Å². The highest BCUT2D eigenvalue weighted by molar-refractivity contribution is 8.00. The second kappa shape index (κ2) is 10.1. The molecule has 0 unspecified atom stereocenters. The van der Waals surface area contributed by atoms with Gasteiger partial charge in [0.15, 0.2) is 0 Å². The quantitative estimate of drug-likeness (QED) is 0.592. The van der Waals surface area contributed by atoms with E-state index in [1.807, 2.05) is 24.3 Å². The predicted molar refractivity (Wildman–Crippen MR) is 77.6 cm³/mol. The summed E-state index contributed by atoms with van der Waals surface area (Å²) in [6, 6.07) is 7.65. The molecule has 1 rings (SSSR count). The van der Waals surface area contributed by atoms with E-state index in [0.29, 0.717) is 18.8 Å². The van der Waals surface area contributed by atoms with Gasteiger partial charge in [-0.25, -0.2) is 0 Å². The van der Waals surface area contributed by atoms with Gasteiger partial charge >= 0.3 is 0 Å². The van der Waals surface area contributed by atoms with E-state index in [1.165, 1.54) is 11.8 Å². The van der Waals surface area contributed by atoms with Crippen molar-refractivity contribution in [2.24, 2.45) is 5.73 Å². The average Bonchev–Trinajstić information content (AvgIpc) is 2.37. The standard InChI is InChI=1S/C12H18N2O2S.ClH/c1-16-10-3-5-11(6-4-10)17-9-12(15)14-8-2-7-13;/h3-6H,2,7-9,13H2,1H3,(H,14,15);1H. The summed E-state index contributed by atoms with van der Waals surface area (Å²) in [5, 5.41) is 2.81. The van der Waals surface area contributed by atoms with Crippen LogP contribution in [-0.4, -0.2) is 31.9 Å². The summed E-state index contributed by atoms with van der Waals surface area (Å²) in [6.45, 7) is 1.25. The van der Waals surface area contributed by atoms with Gasteiger partial charge in [-0.3, -0.25) is 4.79 Å². The molecule has 1 aromatic rings. The zero-order valence-corrected chi connectivity index (χ0v) is 12.0. The molecule has 18 heavy (non-hydrogen) atoms. The van der Waals surface area contributed by atoms with Crippen LogP contribution in [0, 0.1) is 0 Å². The third-order valence-electron chi connectivity index (χ3n) is 2.13. The van der Waals surface area contributed by atoms with E-state index < -0.39 is 0 Å². The van der Waals surface area contributed by atoms with Crippen LogP contribution in [0.25, 0.3) is 0 Å². The van der Waals surface area contributed by atoms with Crippen LogP contribution < -0.4 is 15.8 Å². The summed E-state index contributed by atoms with van der Waals surface area (Å²) in [5.41, 5.74) is 5.34. The first-order chi connectivity index (χ1) is 8.26. The number of nitrogens with two attached hydrogens (primary N) is 1. The van der Waals surface area contributed by atoms with Crippen molar-refractivity contribution in [1.29, 1.82) is 0 Å². The van der Waals surface area contributed by atoms with Crippen LogP contribution in [0.5, 0.6) is 5.75 Å². The van der Waals surface area contributed by atoms with E-state index in [2.05, 4.69) is 5.32 Å².